The molecule has 0 radical (unpaired) electrons. The van der Waals surface area contributed by atoms with Crippen molar-refractivity contribution in [1.29, 1.82) is 0 Å². The largest absolute Gasteiger partial charge is 0.379 e. The van der Waals surface area contributed by atoms with Gasteiger partial charge < -0.3 is 14.8 Å². The average Bonchev–Trinajstić information content (AvgIpc) is 2.91. The fraction of sp³-hybridized carbons (Fsp3) is 0.385. The van der Waals surface area contributed by atoms with Gasteiger partial charge in [-0.05, 0) is 29.8 Å². The van der Waals surface area contributed by atoms with E-state index in [1.165, 1.54) is 16.7 Å². The lowest BCUT2D eigenvalue weighted by atomic mass is 10.1. The molecule has 9 nitrogen and oxygen atoms in total. The zero-order valence-electron chi connectivity index (χ0n) is 20.5. The predicted octanol–water partition coefficient (Wildman–Crippen LogP) is 2.69. The van der Waals surface area contributed by atoms with Crippen LogP contribution in [0.15, 0.2) is 46.2 Å². The van der Waals surface area contributed by atoms with Gasteiger partial charge in [0.25, 0.3) is 5.56 Å². The van der Waals surface area contributed by atoms with E-state index in [-0.39, 0.29) is 18.6 Å². The van der Waals surface area contributed by atoms with Gasteiger partial charge in [-0.3, -0.25) is 19.3 Å². The van der Waals surface area contributed by atoms with Crippen LogP contribution in [0.1, 0.15) is 17.7 Å². The van der Waals surface area contributed by atoms with Crippen LogP contribution in [0.3, 0.4) is 0 Å². The molecule has 4 heterocycles. The molecule has 2 aliphatic heterocycles. The topological polar surface area (TPSA) is 93.9 Å². The maximum absolute atomic E-state index is 13.9. The van der Waals surface area contributed by atoms with Crippen LogP contribution in [0.25, 0.3) is 16.7 Å². The van der Waals surface area contributed by atoms with Crippen molar-refractivity contribution in [3.8, 4) is 0 Å². The zero-order valence-corrected chi connectivity index (χ0v) is 20.5. The fourth-order valence-corrected chi connectivity index (χ4v) is 4.42. The highest BCUT2D eigenvalue weighted by Crippen LogP contribution is 2.21. The van der Waals surface area contributed by atoms with Crippen molar-refractivity contribution in [3.63, 3.8) is 0 Å². The summed E-state index contributed by atoms with van der Waals surface area (Å²) >= 11 is 0. The highest BCUT2D eigenvalue weighted by atomic mass is 19.1. The van der Waals surface area contributed by atoms with Crippen LogP contribution in [0.4, 0.5) is 14.6 Å². The minimum atomic E-state index is -0.713. The SMILES string of the molecule is COC1CC=C(c2ccc3nc(NCCN4CCOCC4)c(=O)n(Cc4cc(F)cc(F)c4)c3n2)C=N1. The van der Waals surface area contributed by atoms with Crippen molar-refractivity contribution < 1.29 is 18.3 Å². The summed E-state index contributed by atoms with van der Waals surface area (Å²) in [6, 6.07) is 6.81. The normalized spacial score (nSPS) is 18.2. The minimum Gasteiger partial charge on any atom is -0.379 e. The molecule has 11 heteroatoms. The molecule has 0 amide bonds. The Morgan fingerprint density at radius 3 is 2.62 bits per heavy atom. The number of hydrogen-bond donors (Lipinski definition) is 1. The van der Waals surface area contributed by atoms with Crippen LogP contribution in [-0.2, 0) is 16.0 Å². The summed E-state index contributed by atoms with van der Waals surface area (Å²) in [5, 5.41) is 3.14. The molecule has 1 aromatic carbocycles. The van der Waals surface area contributed by atoms with Crippen LogP contribution in [0.2, 0.25) is 0 Å². The van der Waals surface area contributed by atoms with E-state index in [2.05, 4.69) is 20.2 Å². The van der Waals surface area contributed by atoms with E-state index in [9.17, 15) is 13.6 Å². The van der Waals surface area contributed by atoms with Crippen LogP contribution in [0, 0.1) is 11.6 Å². The average molecular weight is 511 g/mol. The number of morpholine rings is 1. The summed E-state index contributed by atoms with van der Waals surface area (Å²) in [5.74, 6) is -1.26. The molecule has 1 atom stereocenters. The maximum Gasteiger partial charge on any atom is 0.295 e. The zero-order chi connectivity index (χ0) is 25.8. The number of fused-ring (bicyclic) bond motifs is 1. The summed E-state index contributed by atoms with van der Waals surface area (Å²) in [7, 11) is 1.60. The summed E-state index contributed by atoms with van der Waals surface area (Å²) < 4.78 is 39.9. The Kier molecular flexibility index (Phi) is 7.63. The van der Waals surface area contributed by atoms with Gasteiger partial charge in [-0.2, -0.15) is 0 Å². The molecule has 2 aromatic heterocycles. The number of benzene rings is 1. The second-order valence-corrected chi connectivity index (χ2v) is 8.91. The van der Waals surface area contributed by atoms with E-state index in [0.29, 0.717) is 48.6 Å². The van der Waals surface area contributed by atoms with Gasteiger partial charge >= 0.3 is 0 Å². The Bertz CT molecular complexity index is 1380. The first-order valence-electron chi connectivity index (χ1n) is 12.2. The molecule has 1 fully saturated rings. The van der Waals surface area contributed by atoms with E-state index >= 15 is 0 Å². The monoisotopic (exact) mass is 510 g/mol. The van der Waals surface area contributed by atoms with Gasteiger partial charge in [0.2, 0.25) is 0 Å². The molecule has 194 valence electrons. The number of hydrogen-bond acceptors (Lipinski definition) is 8. The van der Waals surface area contributed by atoms with E-state index < -0.39 is 17.2 Å². The number of halogens is 2. The molecule has 1 unspecified atom stereocenters. The number of allylic oxidation sites excluding steroid dienone is 1. The summed E-state index contributed by atoms with van der Waals surface area (Å²) in [6.07, 6.45) is 4.01. The quantitative estimate of drug-likeness (QED) is 0.498. The second-order valence-electron chi connectivity index (χ2n) is 8.91. The first-order valence-corrected chi connectivity index (χ1v) is 12.2. The summed E-state index contributed by atoms with van der Waals surface area (Å²) in [5.41, 5.74) is 2.08. The highest BCUT2D eigenvalue weighted by Gasteiger charge is 2.17. The van der Waals surface area contributed by atoms with Crippen molar-refractivity contribution in [2.45, 2.75) is 19.2 Å². The number of anilines is 1. The number of rotatable bonds is 8. The van der Waals surface area contributed by atoms with Crippen LogP contribution >= 0.6 is 0 Å². The van der Waals surface area contributed by atoms with Gasteiger partial charge in [-0.15, -0.1) is 0 Å². The first-order chi connectivity index (χ1) is 18.0. The highest BCUT2D eigenvalue weighted by molar-refractivity contribution is 6.10. The first kappa shape index (κ1) is 25.1. The fourth-order valence-electron chi connectivity index (χ4n) is 4.42. The smallest absolute Gasteiger partial charge is 0.295 e. The Morgan fingerprint density at radius 1 is 1.14 bits per heavy atom. The molecular weight excluding hydrogens is 482 g/mol. The second kappa shape index (κ2) is 11.2. The van der Waals surface area contributed by atoms with Gasteiger partial charge in [-0.1, -0.05) is 6.08 Å². The molecule has 0 aliphatic carbocycles. The molecule has 0 bridgehead atoms. The van der Waals surface area contributed by atoms with E-state index in [1.54, 1.807) is 19.4 Å². The molecule has 5 rings (SSSR count). The number of nitrogens with one attached hydrogen (secondary N) is 1. The van der Waals surface area contributed by atoms with Gasteiger partial charge in [0.1, 0.15) is 17.2 Å². The lowest BCUT2D eigenvalue weighted by Crippen LogP contribution is -2.39. The molecule has 37 heavy (non-hydrogen) atoms. The summed E-state index contributed by atoms with van der Waals surface area (Å²) in [6.45, 7) is 4.21. The van der Waals surface area contributed by atoms with E-state index in [1.807, 2.05) is 12.1 Å². The Labute approximate surface area is 212 Å². The number of dihydropyridines is 1. The standard InChI is InChI=1S/C26H28F2N6O3/c1-36-23-5-2-18(15-30-23)21-3-4-22-25(32-21)34(16-17-12-19(27)14-20(28)13-17)26(35)24(31-22)29-6-7-33-8-10-37-11-9-33/h2-4,12-15,23H,5-11,16H2,1H3,(H,29,31). The van der Waals surface area contributed by atoms with Crippen LogP contribution in [0.5, 0.6) is 0 Å². The summed E-state index contributed by atoms with van der Waals surface area (Å²) in [4.78, 5) is 29.4. The van der Waals surface area contributed by atoms with Crippen molar-refractivity contribution in [2.24, 2.45) is 4.99 Å². The van der Waals surface area contributed by atoms with Gasteiger partial charge in [0, 0.05) is 57.6 Å². The molecule has 3 aromatic rings. The van der Waals surface area contributed by atoms with Crippen LogP contribution < -0.4 is 10.9 Å². The molecule has 1 N–H and O–H groups in total. The van der Waals surface area contributed by atoms with Crippen molar-refractivity contribution >= 4 is 28.8 Å². The third kappa shape index (κ3) is 5.90. The Hall–Kier alpha value is -3.54. The minimum absolute atomic E-state index is 0.0694. The number of aromatic nitrogens is 3. The predicted molar refractivity (Wildman–Crippen MR) is 137 cm³/mol. The third-order valence-corrected chi connectivity index (χ3v) is 6.36. The molecule has 1 saturated heterocycles. The Morgan fingerprint density at radius 2 is 1.92 bits per heavy atom. The molecule has 0 spiro atoms. The van der Waals surface area contributed by atoms with Gasteiger partial charge in [0.15, 0.2) is 17.7 Å². The van der Waals surface area contributed by atoms with Crippen molar-refractivity contribution in [1.82, 2.24) is 19.4 Å². The number of aliphatic imine (C=N–C) groups is 1. The van der Waals surface area contributed by atoms with E-state index in [4.69, 9.17) is 14.5 Å². The number of pyridine rings is 1. The number of methoxy groups -OCH3 is 1. The van der Waals surface area contributed by atoms with Crippen LogP contribution in [-0.4, -0.2) is 78.4 Å². The Balaban J connectivity index is 1.50. The van der Waals surface area contributed by atoms with E-state index in [0.717, 1.165) is 31.3 Å². The lowest BCUT2D eigenvalue weighted by Gasteiger charge is -2.26. The number of nitrogens with zero attached hydrogens (tertiary/aromatic N) is 5. The van der Waals surface area contributed by atoms with Gasteiger partial charge in [-0.25, -0.2) is 18.7 Å². The van der Waals surface area contributed by atoms with Crippen molar-refractivity contribution in [2.75, 3.05) is 51.8 Å². The van der Waals surface area contributed by atoms with Crippen molar-refractivity contribution in [3.05, 3.63) is 69.7 Å². The lowest BCUT2D eigenvalue weighted by molar-refractivity contribution is 0.0398. The molecular formula is C26H28F2N6O3. The molecule has 2 aliphatic rings. The van der Waals surface area contributed by atoms with Gasteiger partial charge in [0.05, 0.1) is 25.5 Å². The third-order valence-electron chi connectivity index (χ3n) is 6.36. The molecule has 0 saturated carbocycles. The number of ether oxygens (including phenoxy) is 2. The maximum atomic E-state index is 13.9.